The van der Waals surface area contributed by atoms with Crippen molar-refractivity contribution >= 4 is 46.5 Å². The Kier molecular flexibility index (Phi) is 6.59. The molecule has 1 heterocycles. The van der Waals surface area contributed by atoms with E-state index in [1.807, 2.05) is 6.92 Å². The maximum absolute atomic E-state index is 11.7. The van der Waals surface area contributed by atoms with Gasteiger partial charge in [-0.15, -0.1) is 11.3 Å². The number of aliphatic carboxylic acids is 1. The molecule has 0 aliphatic heterocycles. The van der Waals surface area contributed by atoms with Crippen LogP contribution in [0.3, 0.4) is 0 Å². The predicted molar refractivity (Wildman–Crippen MR) is 98.4 cm³/mol. The smallest absolute Gasteiger partial charge is 0.349 e. The molecule has 0 atom stereocenters. The van der Waals surface area contributed by atoms with E-state index in [0.29, 0.717) is 29.0 Å². The lowest BCUT2D eigenvalue weighted by Gasteiger charge is -2.07. The van der Waals surface area contributed by atoms with Crippen molar-refractivity contribution in [3.05, 3.63) is 34.2 Å². The quantitative estimate of drug-likeness (QED) is 0.621. The van der Waals surface area contributed by atoms with Crippen LogP contribution in [-0.2, 0) is 9.59 Å². The van der Waals surface area contributed by atoms with Crippen molar-refractivity contribution < 1.29 is 29.3 Å². The highest BCUT2D eigenvalue weighted by Gasteiger charge is 2.24. The van der Waals surface area contributed by atoms with Gasteiger partial charge in [-0.05, 0) is 24.1 Å². The largest absolute Gasteiger partial charge is 0.479 e. The Morgan fingerprint density at radius 3 is 2.62 bits per heavy atom. The summed E-state index contributed by atoms with van der Waals surface area (Å²) in [6, 6.07) is 6.78. The number of carbonyl (C=O) groups excluding carboxylic acids is 1. The molecule has 0 aliphatic carbocycles. The number of hydrogen-bond donors (Lipinski definition) is 3. The lowest BCUT2D eigenvalue weighted by molar-refractivity contribution is -0.139. The maximum atomic E-state index is 11.7. The fourth-order valence-electron chi connectivity index (χ4n) is 2.17. The van der Waals surface area contributed by atoms with Gasteiger partial charge < -0.3 is 20.3 Å². The van der Waals surface area contributed by atoms with Gasteiger partial charge in [-0.3, -0.25) is 4.79 Å². The van der Waals surface area contributed by atoms with Crippen molar-refractivity contribution in [1.29, 1.82) is 0 Å². The highest BCUT2D eigenvalue weighted by molar-refractivity contribution is 7.18. The Morgan fingerprint density at radius 2 is 2.00 bits per heavy atom. The topological polar surface area (TPSA) is 113 Å². The summed E-state index contributed by atoms with van der Waals surface area (Å²) in [6.45, 7) is 1.19. The Balaban J connectivity index is 2.39. The molecule has 9 heteroatoms. The third-order valence-electron chi connectivity index (χ3n) is 3.23. The molecule has 0 radical (unpaired) electrons. The van der Waals surface area contributed by atoms with Crippen LogP contribution in [0.25, 0.3) is 10.4 Å². The Labute approximate surface area is 158 Å². The summed E-state index contributed by atoms with van der Waals surface area (Å²) in [4.78, 5) is 34.1. The average molecular weight is 398 g/mol. The second-order valence-corrected chi connectivity index (χ2v) is 6.67. The maximum Gasteiger partial charge on any atom is 0.349 e. The molecule has 0 saturated carbocycles. The van der Waals surface area contributed by atoms with Gasteiger partial charge in [-0.25, -0.2) is 9.59 Å². The summed E-state index contributed by atoms with van der Waals surface area (Å²) in [5, 5.41) is 20.8. The molecule has 0 unspecified atom stereocenters. The first-order valence-corrected chi connectivity index (χ1v) is 8.83. The first kappa shape index (κ1) is 19.7. The van der Waals surface area contributed by atoms with Gasteiger partial charge in [0.15, 0.2) is 17.2 Å². The van der Waals surface area contributed by atoms with Crippen LogP contribution >= 0.6 is 22.9 Å². The van der Waals surface area contributed by atoms with E-state index in [-0.39, 0.29) is 21.6 Å². The molecule has 3 N–H and O–H groups in total. The second kappa shape index (κ2) is 8.68. The van der Waals surface area contributed by atoms with Crippen molar-refractivity contribution in [3.63, 3.8) is 0 Å². The van der Waals surface area contributed by atoms with Crippen molar-refractivity contribution in [2.24, 2.45) is 0 Å². The van der Waals surface area contributed by atoms with Crippen molar-refractivity contribution in [3.8, 4) is 16.2 Å². The van der Waals surface area contributed by atoms with E-state index in [4.69, 9.17) is 21.4 Å². The monoisotopic (exact) mass is 397 g/mol. The number of carbonyl (C=O) groups is 3. The molecule has 7 nitrogen and oxygen atoms in total. The van der Waals surface area contributed by atoms with E-state index < -0.39 is 18.5 Å². The number of rotatable bonds is 8. The molecule has 0 spiro atoms. The number of carboxylic acid groups (broad SMARTS) is 2. The highest BCUT2D eigenvalue weighted by atomic mass is 35.5. The minimum Gasteiger partial charge on any atom is -0.479 e. The van der Waals surface area contributed by atoms with Gasteiger partial charge in [-0.1, -0.05) is 30.7 Å². The summed E-state index contributed by atoms with van der Waals surface area (Å²) in [6.07, 6.45) is 1.11. The Morgan fingerprint density at radius 1 is 1.27 bits per heavy atom. The molecule has 0 bridgehead atoms. The molecular formula is C17H16ClNO6S. The standard InChI is InChI=1S/C17H16ClNO6S/c1-2-4-11(20)19-10-6-3-5-9(7-10)15-13(18)14(25-8-12(21)22)16(26-15)17(23)24/h3,5-7H,2,4,8H2,1H3,(H,19,20)(H,21,22)(H,23,24). The van der Waals surface area contributed by atoms with Crippen molar-refractivity contribution in [2.75, 3.05) is 11.9 Å². The van der Waals surface area contributed by atoms with Crippen molar-refractivity contribution in [2.45, 2.75) is 19.8 Å². The van der Waals surface area contributed by atoms with Crippen LogP contribution in [0.4, 0.5) is 5.69 Å². The predicted octanol–water partition coefficient (Wildman–Crippen LogP) is 3.97. The fraction of sp³-hybridized carbons (Fsp3) is 0.235. The number of anilines is 1. The van der Waals surface area contributed by atoms with Crippen LogP contribution in [0.15, 0.2) is 24.3 Å². The van der Waals surface area contributed by atoms with Crippen molar-refractivity contribution in [1.82, 2.24) is 0 Å². The fourth-order valence-corrected chi connectivity index (χ4v) is 3.58. The zero-order valence-corrected chi connectivity index (χ0v) is 15.3. The number of aromatic carboxylic acids is 1. The van der Waals surface area contributed by atoms with E-state index in [1.165, 1.54) is 0 Å². The first-order valence-electron chi connectivity index (χ1n) is 7.64. The van der Waals surface area contributed by atoms with Gasteiger partial charge in [0.25, 0.3) is 0 Å². The summed E-state index contributed by atoms with van der Waals surface area (Å²) in [5.41, 5.74) is 1.14. The van der Waals surface area contributed by atoms with E-state index >= 15 is 0 Å². The molecule has 0 fully saturated rings. The molecule has 1 aromatic carbocycles. The SMILES string of the molecule is CCCC(=O)Nc1cccc(-c2sc(C(=O)O)c(OCC(=O)O)c2Cl)c1. The molecule has 0 saturated heterocycles. The van der Waals surface area contributed by atoms with E-state index in [2.05, 4.69) is 5.32 Å². The molecule has 138 valence electrons. The molecule has 1 amide bonds. The minimum atomic E-state index is -1.27. The molecule has 2 rings (SSSR count). The van der Waals surface area contributed by atoms with Crippen LogP contribution in [-0.4, -0.2) is 34.7 Å². The zero-order chi connectivity index (χ0) is 19.3. The summed E-state index contributed by atoms with van der Waals surface area (Å²) in [5.74, 6) is -2.82. The number of halogens is 1. The number of nitrogens with one attached hydrogen (secondary N) is 1. The number of amides is 1. The van der Waals surface area contributed by atoms with Gasteiger partial charge in [0.1, 0.15) is 5.02 Å². The van der Waals surface area contributed by atoms with Gasteiger partial charge in [0.2, 0.25) is 5.91 Å². The zero-order valence-electron chi connectivity index (χ0n) is 13.7. The van der Waals surface area contributed by atoms with Crippen LogP contribution in [0.2, 0.25) is 5.02 Å². The highest BCUT2D eigenvalue weighted by Crippen LogP contribution is 2.45. The van der Waals surface area contributed by atoms with E-state index in [1.54, 1.807) is 24.3 Å². The summed E-state index contributed by atoms with van der Waals surface area (Å²) in [7, 11) is 0. The summed E-state index contributed by atoms with van der Waals surface area (Å²) < 4.78 is 5.05. The number of carboxylic acids is 2. The van der Waals surface area contributed by atoms with Crippen LogP contribution < -0.4 is 10.1 Å². The minimum absolute atomic E-state index is 0.0192. The molecule has 0 aliphatic rings. The van der Waals surface area contributed by atoms with E-state index in [9.17, 15) is 19.5 Å². The van der Waals surface area contributed by atoms with Gasteiger partial charge in [0.05, 0.1) is 4.88 Å². The molecule has 2 aromatic rings. The Bertz CT molecular complexity index is 848. The molecule has 1 aromatic heterocycles. The third-order valence-corrected chi connectivity index (χ3v) is 4.91. The Hall–Kier alpha value is -2.58. The van der Waals surface area contributed by atoms with Gasteiger partial charge >= 0.3 is 11.9 Å². The molecule has 26 heavy (non-hydrogen) atoms. The second-order valence-electron chi connectivity index (χ2n) is 5.27. The van der Waals surface area contributed by atoms with Gasteiger partial charge in [-0.2, -0.15) is 0 Å². The van der Waals surface area contributed by atoms with Crippen LogP contribution in [0.5, 0.6) is 5.75 Å². The third kappa shape index (κ3) is 4.74. The number of hydrogen-bond acceptors (Lipinski definition) is 5. The number of thiophene rings is 1. The lowest BCUT2D eigenvalue weighted by atomic mass is 10.1. The van der Waals surface area contributed by atoms with Gasteiger partial charge in [0, 0.05) is 12.1 Å². The van der Waals surface area contributed by atoms with E-state index in [0.717, 1.165) is 11.3 Å². The summed E-state index contributed by atoms with van der Waals surface area (Å²) >= 11 is 7.12. The number of benzene rings is 1. The first-order chi connectivity index (χ1) is 12.3. The van der Waals surface area contributed by atoms with Crippen LogP contribution in [0, 0.1) is 0 Å². The number of ether oxygens (including phenoxy) is 1. The lowest BCUT2D eigenvalue weighted by Crippen LogP contribution is -2.11. The van der Waals surface area contributed by atoms with Crippen LogP contribution in [0.1, 0.15) is 29.4 Å². The average Bonchev–Trinajstić information content (AvgIpc) is 2.90. The molecular weight excluding hydrogens is 382 g/mol. The normalized spacial score (nSPS) is 10.4.